The first-order valence-corrected chi connectivity index (χ1v) is 4.42. The van der Waals surface area contributed by atoms with Gasteiger partial charge < -0.3 is 15.1 Å². The summed E-state index contributed by atoms with van der Waals surface area (Å²) in [6.07, 6.45) is 0. The average Bonchev–Trinajstić information content (AvgIpc) is 2.18. The molecule has 80 valence electrons. The highest BCUT2D eigenvalue weighted by molar-refractivity contribution is 5.86. The van der Waals surface area contributed by atoms with Crippen LogP contribution in [0.1, 0.15) is 0 Å². The van der Waals surface area contributed by atoms with Crippen molar-refractivity contribution in [1.82, 2.24) is 0 Å². The van der Waals surface area contributed by atoms with E-state index in [1.54, 1.807) is 36.2 Å². The van der Waals surface area contributed by atoms with Crippen LogP contribution in [0.4, 0.5) is 5.69 Å². The number of phenols is 1. The number of rotatable bonds is 4. The number of carboxylic acids is 1. The van der Waals surface area contributed by atoms with Gasteiger partial charge in [0, 0.05) is 24.9 Å². The van der Waals surface area contributed by atoms with Gasteiger partial charge in [-0.3, -0.25) is 0 Å². The highest BCUT2D eigenvalue weighted by Gasteiger charge is 2.08. The summed E-state index contributed by atoms with van der Waals surface area (Å²) < 4.78 is 0. The standard InChI is InChI=1S/C11H13NO3/c1-8(11(14)15)7-12(2)9-3-5-10(13)6-4-9/h3-6,13H,1,7H2,2H3,(H,14,15). The Labute approximate surface area is 88.1 Å². The van der Waals surface area contributed by atoms with E-state index in [1.165, 1.54) is 0 Å². The fourth-order valence-corrected chi connectivity index (χ4v) is 1.15. The van der Waals surface area contributed by atoms with Crippen molar-refractivity contribution >= 4 is 11.7 Å². The summed E-state index contributed by atoms with van der Waals surface area (Å²) in [6, 6.07) is 6.53. The first-order valence-electron chi connectivity index (χ1n) is 4.42. The minimum absolute atomic E-state index is 0.130. The summed E-state index contributed by atoms with van der Waals surface area (Å²) in [6.45, 7) is 3.70. The fraction of sp³-hybridized carbons (Fsp3) is 0.182. The van der Waals surface area contributed by atoms with E-state index >= 15 is 0 Å². The Morgan fingerprint density at radius 2 is 1.93 bits per heavy atom. The maximum absolute atomic E-state index is 10.6. The number of nitrogens with zero attached hydrogens (tertiary/aromatic N) is 1. The summed E-state index contributed by atoms with van der Waals surface area (Å²) in [4.78, 5) is 12.3. The zero-order valence-corrected chi connectivity index (χ0v) is 8.47. The summed E-state index contributed by atoms with van der Waals surface area (Å²) in [5.41, 5.74) is 0.959. The molecule has 0 heterocycles. The third-order valence-corrected chi connectivity index (χ3v) is 2.02. The number of likely N-dealkylation sites (N-methyl/N-ethyl adjacent to an activating group) is 1. The van der Waals surface area contributed by atoms with Crippen LogP contribution in [-0.2, 0) is 4.79 Å². The first kappa shape index (κ1) is 11.1. The molecule has 0 fully saturated rings. The van der Waals surface area contributed by atoms with Gasteiger partial charge in [0.15, 0.2) is 0 Å². The first-order chi connectivity index (χ1) is 7.00. The molecule has 0 bridgehead atoms. The maximum atomic E-state index is 10.6. The van der Waals surface area contributed by atoms with Gasteiger partial charge in [-0.15, -0.1) is 0 Å². The van der Waals surface area contributed by atoms with Crippen LogP contribution in [0.2, 0.25) is 0 Å². The van der Waals surface area contributed by atoms with Crippen LogP contribution >= 0.6 is 0 Å². The number of hydrogen-bond acceptors (Lipinski definition) is 3. The molecule has 2 N–H and O–H groups in total. The smallest absolute Gasteiger partial charge is 0.332 e. The fourth-order valence-electron chi connectivity index (χ4n) is 1.15. The SMILES string of the molecule is C=C(CN(C)c1ccc(O)cc1)C(=O)O. The molecule has 15 heavy (non-hydrogen) atoms. The Morgan fingerprint density at radius 3 is 2.40 bits per heavy atom. The highest BCUT2D eigenvalue weighted by atomic mass is 16.4. The molecule has 0 aromatic heterocycles. The summed E-state index contributed by atoms with van der Waals surface area (Å²) in [7, 11) is 1.76. The van der Waals surface area contributed by atoms with E-state index in [0.717, 1.165) is 5.69 Å². The Hall–Kier alpha value is -1.97. The van der Waals surface area contributed by atoms with E-state index in [1.807, 2.05) is 0 Å². The normalized spacial score (nSPS) is 9.67. The van der Waals surface area contributed by atoms with Gasteiger partial charge in [0.25, 0.3) is 0 Å². The van der Waals surface area contributed by atoms with Crippen molar-refractivity contribution in [2.24, 2.45) is 0 Å². The van der Waals surface area contributed by atoms with Crippen molar-refractivity contribution in [1.29, 1.82) is 0 Å². The van der Waals surface area contributed by atoms with Gasteiger partial charge in [-0.05, 0) is 24.3 Å². The van der Waals surface area contributed by atoms with Crippen molar-refractivity contribution in [3.05, 3.63) is 36.4 Å². The van der Waals surface area contributed by atoms with E-state index in [2.05, 4.69) is 6.58 Å². The molecule has 0 radical (unpaired) electrons. The Bertz CT molecular complexity index is 370. The van der Waals surface area contributed by atoms with Gasteiger partial charge in [0.2, 0.25) is 0 Å². The van der Waals surface area contributed by atoms with Crippen LogP contribution in [0.25, 0.3) is 0 Å². The Kier molecular flexibility index (Phi) is 3.33. The molecule has 0 aliphatic rings. The lowest BCUT2D eigenvalue weighted by atomic mass is 10.2. The highest BCUT2D eigenvalue weighted by Crippen LogP contribution is 2.17. The van der Waals surface area contributed by atoms with Crippen LogP contribution in [0.15, 0.2) is 36.4 Å². The van der Waals surface area contributed by atoms with Crippen LogP contribution in [0.3, 0.4) is 0 Å². The lowest BCUT2D eigenvalue weighted by Gasteiger charge is -2.18. The van der Waals surface area contributed by atoms with Crippen molar-refractivity contribution in [2.45, 2.75) is 0 Å². The third kappa shape index (κ3) is 3.02. The maximum Gasteiger partial charge on any atom is 0.332 e. The summed E-state index contributed by atoms with van der Waals surface area (Å²) >= 11 is 0. The number of carboxylic acid groups (broad SMARTS) is 1. The van der Waals surface area contributed by atoms with Crippen LogP contribution in [-0.4, -0.2) is 29.8 Å². The van der Waals surface area contributed by atoms with Gasteiger partial charge in [-0.1, -0.05) is 6.58 Å². The molecule has 4 heteroatoms. The van der Waals surface area contributed by atoms with E-state index in [4.69, 9.17) is 10.2 Å². The topological polar surface area (TPSA) is 60.8 Å². The second-order valence-corrected chi connectivity index (χ2v) is 3.28. The van der Waals surface area contributed by atoms with Crippen molar-refractivity contribution in [3.63, 3.8) is 0 Å². The number of carbonyl (C=O) groups is 1. The Balaban J connectivity index is 2.69. The van der Waals surface area contributed by atoms with Crippen molar-refractivity contribution in [2.75, 3.05) is 18.5 Å². The average molecular weight is 207 g/mol. The molecule has 0 saturated carbocycles. The van der Waals surface area contributed by atoms with Gasteiger partial charge in [0.1, 0.15) is 5.75 Å². The third-order valence-electron chi connectivity index (χ3n) is 2.02. The number of aliphatic carboxylic acids is 1. The van der Waals surface area contributed by atoms with Gasteiger partial charge >= 0.3 is 5.97 Å². The molecule has 0 spiro atoms. The molecule has 0 aliphatic carbocycles. The van der Waals surface area contributed by atoms with Gasteiger partial charge in [-0.25, -0.2) is 4.79 Å². The zero-order valence-electron chi connectivity index (χ0n) is 8.47. The molecule has 0 saturated heterocycles. The summed E-state index contributed by atoms with van der Waals surface area (Å²) in [5.74, 6) is -0.815. The molecule has 0 atom stereocenters. The summed E-state index contributed by atoms with van der Waals surface area (Å²) in [5, 5.41) is 17.7. The number of hydrogen-bond donors (Lipinski definition) is 2. The van der Waals surface area contributed by atoms with Crippen molar-refractivity contribution < 1.29 is 15.0 Å². The molecule has 1 aromatic carbocycles. The molecule has 1 rings (SSSR count). The van der Waals surface area contributed by atoms with E-state index in [-0.39, 0.29) is 17.9 Å². The number of anilines is 1. The lowest BCUT2D eigenvalue weighted by molar-refractivity contribution is -0.132. The largest absolute Gasteiger partial charge is 0.508 e. The molecule has 0 aliphatic heterocycles. The van der Waals surface area contributed by atoms with Crippen LogP contribution in [0.5, 0.6) is 5.75 Å². The van der Waals surface area contributed by atoms with Gasteiger partial charge in [0.05, 0.1) is 0 Å². The quantitative estimate of drug-likeness (QED) is 0.734. The number of aromatic hydroxyl groups is 1. The molecule has 0 amide bonds. The molecular formula is C11H13NO3. The van der Waals surface area contributed by atoms with E-state index in [9.17, 15) is 4.79 Å². The van der Waals surface area contributed by atoms with Crippen LogP contribution in [0, 0.1) is 0 Å². The molecule has 0 unspecified atom stereocenters. The molecule has 1 aromatic rings. The minimum atomic E-state index is -0.999. The predicted octanol–water partition coefficient (Wildman–Crippen LogP) is 1.47. The van der Waals surface area contributed by atoms with Crippen molar-refractivity contribution in [3.8, 4) is 5.75 Å². The van der Waals surface area contributed by atoms with Crippen LogP contribution < -0.4 is 4.90 Å². The zero-order chi connectivity index (χ0) is 11.4. The van der Waals surface area contributed by atoms with E-state index in [0.29, 0.717) is 0 Å². The van der Waals surface area contributed by atoms with Gasteiger partial charge in [-0.2, -0.15) is 0 Å². The number of benzene rings is 1. The molecule has 4 nitrogen and oxygen atoms in total. The Morgan fingerprint density at radius 1 is 1.40 bits per heavy atom. The minimum Gasteiger partial charge on any atom is -0.508 e. The van der Waals surface area contributed by atoms with E-state index < -0.39 is 5.97 Å². The molecular weight excluding hydrogens is 194 g/mol. The monoisotopic (exact) mass is 207 g/mol. The predicted molar refractivity (Wildman–Crippen MR) is 58.2 cm³/mol. The lowest BCUT2D eigenvalue weighted by Crippen LogP contribution is -2.22. The second-order valence-electron chi connectivity index (χ2n) is 3.28. The number of phenolic OH excluding ortho intramolecular Hbond substituents is 1. The second kappa shape index (κ2) is 4.50.